The number of benzene rings is 2. The predicted octanol–water partition coefficient (Wildman–Crippen LogP) is 3.84. The number of halogens is 1. The van der Waals surface area contributed by atoms with Crippen LogP contribution in [0.1, 0.15) is 61.2 Å². The number of carboxylic acids is 1. The summed E-state index contributed by atoms with van der Waals surface area (Å²) in [4.78, 5) is 28.3. The van der Waals surface area contributed by atoms with E-state index in [0.717, 1.165) is 22.6 Å². The summed E-state index contributed by atoms with van der Waals surface area (Å²) in [6, 6.07) is 11.2. The molecule has 11 nitrogen and oxygen atoms in total. The Morgan fingerprint density at radius 3 is 2.49 bits per heavy atom. The van der Waals surface area contributed by atoms with Crippen LogP contribution in [0.15, 0.2) is 36.4 Å². The van der Waals surface area contributed by atoms with Crippen LogP contribution in [-0.4, -0.2) is 88.5 Å². The second kappa shape index (κ2) is 12.1. The van der Waals surface area contributed by atoms with Crippen molar-refractivity contribution >= 4 is 23.5 Å². The SMILES string of the molecule is COc1cccc(C2OC(CC(=O)N3CCN(CC(=O)O)CC3)c3nnc(C(C)C)n3-c3ccc(Cl)cc32)c1OC. The Hall–Kier alpha value is -3.67. The van der Waals surface area contributed by atoms with Gasteiger partial charge in [0, 0.05) is 48.2 Å². The van der Waals surface area contributed by atoms with Crippen LogP contribution in [0.5, 0.6) is 11.5 Å². The monoisotopic (exact) mass is 583 g/mol. The van der Waals surface area contributed by atoms with Crippen molar-refractivity contribution in [3.63, 3.8) is 0 Å². The number of rotatable bonds is 8. The fourth-order valence-electron chi connectivity index (χ4n) is 5.51. The van der Waals surface area contributed by atoms with E-state index in [-0.39, 0.29) is 24.8 Å². The highest BCUT2D eigenvalue weighted by molar-refractivity contribution is 6.30. The molecule has 0 aliphatic carbocycles. The molecule has 1 saturated heterocycles. The van der Waals surface area contributed by atoms with E-state index in [1.54, 1.807) is 19.1 Å². The van der Waals surface area contributed by atoms with Gasteiger partial charge in [0.15, 0.2) is 17.3 Å². The van der Waals surface area contributed by atoms with E-state index in [1.165, 1.54) is 0 Å². The number of carboxylic acid groups (broad SMARTS) is 1. The van der Waals surface area contributed by atoms with Crippen molar-refractivity contribution in [3.8, 4) is 17.2 Å². The van der Waals surface area contributed by atoms with E-state index in [0.29, 0.717) is 48.5 Å². The number of amides is 1. The Morgan fingerprint density at radius 1 is 1.07 bits per heavy atom. The molecular weight excluding hydrogens is 550 g/mol. The van der Waals surface area contributed by atoms with E-state index in [9.17, 15) is 9.59 Å². The topological polar surface area (TPSA) is 119 Å². The molecule has 2 atom stereocenters. The van der Waals surface area contributed by atoms with Crippen LogP contribution in [-0.2, 0) is 14.3 Å². The number of fused-ring (bicyclic) bond motifs is 3. The molecule has 1 aromatic heterocycles. The van der Waals surface area contributed by atoms with Gasteiger partial charge >= 0.3 is 5.97 Å². The van der Waals surface area contributed by atoms with Crippen LogP contribution in [0.3, 0.4) is 0 Å². The van der Waals surface area contributed by atoms with Gasteiger partial charge in [-0.05, 0) is 24.3 Å². The van der Waals surface area contributed by atoms with Crippen LogP contribution < -0.4 is 9.47 Å². The maximum Gasteiger partial charge on any atom is 0.317 e. The fourth-order valence-corrected chi connectivity index (χ4v) is 5.69. The molecule has 2 unspecified atom stereocenters. The van der Waals surface area contributed by atoms with E-state index >= 15 is 0 Å². The highest BCUT2D eigenvalue weighted by Gasteiger charge is 2.38. The van der Waals surface area contributed by atoms with E-state index in [4.69, 9.17) is 30.9 Å². The van der Waals surface area contributed by atoms with Crippen molar-refractivity contribution in [2.75, 3.05) is 46.9 Å². The quantitative estimate of drug-likeness (QED) is 0.422. The number of aromatic nitrogens is 3. The summed E-state index contributed by atoms with van der Waals surface area (Å²) in [6.45, 7) is 5.89. The number of aliphatic carboxylic acids is 1. The van der Waals surface area contributed by atoms with Crippen LogP contribution in [0, 0.1) is 0 Å². The summed E-state index contributed by atoms with van der Waals surface area (Å²) in [5.74, 6) is 1.40. The van der Waals surface area contributed by atoms with Gasteiger partial charge in [0.1, 0.15) is 18.0 Å². The maximum atomic E-state index is 13.6. The third kappa shape index (κ3) is 5.74. The molecule has 1 N–H and O–H groups in total. The molecule has 2 aromatic carbocycles. The standard InChI is InChI=1S/C29H34ClN5O6/c1-17(2)28-31-32-29-23(15-24(36)34-12-10-33(11-13-34)16-25(37)38)41-26(19-6-5-7-22(39-3)27(19)40-4)20-14-18(30)8-9-21(20)35(28)29/h5-9,14,17,23,26H,10-13,15-16H2,1-4H3,(H,37,38). The first-order chi connectivity index (χ1) is 19.7. The molecule has 0 radical (unpaired) electrons. The molecular formula is C29H34ClN5O6. The van der Waals surface area contributed by atoms with Crippen LogP contribution >= 0.6 is 11.6 Å². The third-order valence-corrected chi connectivity index (χ3v) is 7.73. The van der Waals surface area contributed by atoms with Gasteiger partial charge < -0.3 is 24.2 Å². The largest absolute Gasteiger partial charge is 0.493 e. The highest BCUT2D eigenvalue weighted by atomic mass is 35.5. The zero-order valence-electron chi connectivity index (χ0n) is 23.5. The molecule has 218 valence electrons. The normalized spacial score (nSPS) is 18.9. The summed E-state index contributed by atoms with van der Waals surface area (Å²) >= 11 is 6.53. The lowest BCUT2D eigenvalue weighted by Gasteiger charge is -2.34. The molecule has 3 heterocycles. The Bertz CT molecular complexity index is 1440. The summed E-state index contributed by atoms with van der Waals surface area (Å²) < 4.78 is 20.2. The number of hydrogen-bond donors (Lipinski definition) is 1. The molecule has 1 fully saturated rings. The third-order valence-electron chi connectivity index (χ3n) is 7.49. The van der Waals surface area contributed by atoms with Crippen LogP contribution in [0.25, 0.3) is 5.69 Å². The van der Waals surface area contributed by atoms with E-state index in [1.807, 2.05) is 59.7 Å². The second-order valence-electron chi connectivity index (χ2n) is 10.5. The number of nitrogens with zero attached hydrogens (tertiary/aromatic N) is 5. The molecule has 12 heteroatoms. The molecule has 0 saturated carbocycles. The number of carbonyl (C=O) groups is 2. The van der Waals surface area contributed by atoms with Gasteiger partial charge in [-0.25, -0.2) is 0 Å². The fraction of sp³-hybridized carbons (Fsp3) is 0.448. The second-order valence-corrected chi connectivity index (χ2v) is 10.9. The first-order valence-corrected chi connectivity index (χ1v) is 13.9. The number of methoxy groups -OCH3 is 2. The van der Waals surface area contributed by atoms with Gasteiger partial charge in [-0.2, -0.15) is 0 Å². The smallest absolute Gasteiger partial charge is 0.317 e. The molecule has 0 spiro atoms. The lowest BCUT2D eigenvalue weighted by molar-refractivity contribution is -0.140. The Kier molecular flexibility index (Phi) is 8.48. The van der Waals surface area contributed by atoms with Crippen LogP contribution in [0.2, 0.25) is 5.02 Å². The predicted molar refractivity (Wildman–Crippen MR) is 151 cm³/mol. The number of hydrogen-bond acceptors (Lipinski definition) is 8. The zero-order valence-corrected chi connectivity index (χ0v) is 24.3. The van der Waals surface area contributed by atoms with Gasteiger partial charge in [0.25, 0.3) is 0 Å². The van der Waals surface area contributed by atoms with Gasteiger partial charge in [0.2, 0.25) is 5.91 Å². The zero-order chi connectivity index (χ0) is 29.3. The van der Waals surface area contributed by atoms with Gasteiger partial charge in [-0.1, -0.05) is 37.6 Å². The minimum atomic E-state index is -0.879. The van der Waals surface area contributed by atoms with Crippen molar-refractivity contribution in [1.29, 1.82) is 0 Å². The molecule has 2 aliphatic heterocycles. The Morgan fingerprint density at radius 2 is 1.83 bits per heavy atom. The van der Waals surface area contributed by atoms with Gasteiger partial charge in [-0.15, -0.1) is 10.2 Å². The summed E-state index contributed by atoms with van der Waals surface area (Å²) in [5, 5.41) is 18.7. The van der Waals surface area contributed by atoms with Crippen molar-refractivity contribution in [2.24, 2.45) is 0 Å². The lowest BCUT2D eigenvalue weighted by Crippen LogP contribution is -2.50. The van der Waals surface area contributed by atoms with Gasteiger partial charge in [0.05, 0.1) is 32.9 Å². The summed E-state index contributed by atoms with van der Waals surface area (Å²) in [5.41, 5.74) is 2.31. The first-order valence-electron chi connectivity index (χ1n) is 13.5. The molecule has 5 rings (SSSR count). The summed E-state index contributed by atoms with van der Waals surface area (Å²) in [7, 11) is 3.15. The van der Waals surface area contributed by atoms with Crippen molar-refractivity contribution in [2.45, 2.75) is 38.4 Å². The van der Waals surface area contributed by atoms with Crippen molar-refractivity contribution < 1.29 is 28.9 Å². The average Bonchev–Trinajstić information content (AvgIpc) is 3.35. The Labute approximate surface area is 243 Å². The van der Waals surface area contributed by atoms with E-state index in [2.05, 4.69) is 10.2 Å². The Balaban J connectivity index is 1.57. The van der Waals surface area contributed by atoms with Gasteiger partial charge in [-0.3, -0.25) is 19.1 Å². The minimum absolute atomic E-state index is 0.0274. The van der Waals surface area contributed by atoms with Crippen molar-refractivity contribution in [3.05, 3.63) is 64.2 Å². The molecule has 0 bridgehead atoms. The molecule has 2 aliphatic rings. The molecule has 1 amide bonds. The average molecular weight is 584 g/mol. The number of piperazine rings is 1. The van der Waals surface area contributed by atoms with E-state index < -0.39 is 18.2 Å². The lowest BCUT2D eigenvalue weighted by atomic mass is 9.98. The van der Waals surface area contributed by atoms with Crippen LogP contribution in [0.4, 0.5) is 0 Å². The first kappa shape index (κ1) is 28.8. The minimum Gasteiger partial charge on any atom is -0.493 e. The number of ether oxygens (including phenoxy) is 3. The highest BCUT2D eigenvalue weighted by Crippen LogP contribution is 2.46. The molecule has 3 aromatic rings. The van der Waals surface area contributed by atoms with Crippen molar-refractivity contribution in [1.82, 2.24) is 24.6 Å². The maximum absolute atomic E-state index is 13.6. The molecule has 41 heavy (non-hydrogen) atoms. The number of para-hydroxylation sites is 1. The number of carbonyl (C=O) groups excluding carboxylic acids is 1. The summed E-state index contributed by atoms with van der Waals surface area (Å²) in [6.07, 6.45) is -1.38.